The number of nitrogens with zero attached hydrogens (tertiary/aromatic N) is 2. The van der Waals surface area contributed by atoms with Crippen LogP contribution >= 0.6 is 0 Å². The SMILES string of the molecule is CCCCC[C@H](c1ccnc2ccccc12)N1CCNCC1. The third kappa shape index (κ3) is 3.47. The van der Waals surface area contributed by atoms with E-state index in [0.29, 0.717) is 6.04 Å². The molecule has 1 atom stereocenters. The van der Waals surface area contributed by atoms with Gasteiger partial charge in [-0.3, -0.25) is 9.88 Å². The molecule has 1 fully saturated rings. The lowest BCUT2D eigenvalue weighted by Gasteiger charge is -2.36. The molecule has 3 nitrogen and oxygen atoms in total. The van der Waals surface area contributed by atoms with Crippen LogP contribution in [0.5, 0.6) is 0 Å². The summed E-state index contributed by atoms with van der Waals surface area (Å²) >= 11 is 0. The van der Waals surface area contributed by atoms with Gasteiger partial charge < -0.3 is 5.32 Å². The van der Waals surface area contributed by atoms with Crippen LogP contribution in [0.15, 0.2) is 36.5 Å². The van der Waals surface area contributed by atoms with Crippen molar-refractivity contribution in [3.63, 3.8) is 0 Å². The van der Waals surface area contributed by atoms with Crippen LogP contribution in [0, 0.1) is 0 Å². The zero-order chi connectivity index (χ0) is 15.2. The zero-order valence-electron chi connectivity index (χ0n) is 13.6. The number of fused-ring (bicyclic) bond motifs is 1. The number of pyridine rings is 1. The summed E-state index contributed by atoms with van der Waals surface area (Å²) in [5.74, 6) is 0. The van der Waals surface area contributed by atoms with Crippen LogP contribution in [0.25, 0.3) is 10.9 Å². The molecule has 1 N–H and O–H groups in total. The summed E-state index contributed by atoms with van der Waals surface area (Å²) in [6.07, 6.45) is 7.15. The summed E-state index contributed by atoms with van der Waals surface area (Å²) in [5, 5.41) is 4.80. The molecule has 118 valence electrons. The predicted octanol–water partition coefficient (Wildman–Crippen LogP) is 3.76. The van der Waals surface area contributed by atoms with E-state index in [1.54, 1.807) is 0 Å². The fourth-order valence-electron chi connectivity index (χ4n) is 3.52. The smallest absolute Gasteiger partial charge is 0.0705 e. The first-order chi connectivity index (χ1) is 10.9. The van der Waals surface area contributed by atoms with Crippen molar-refractivity contribution in [3.8, 4) is 0 Å². The molecule has 3 rings (SSSR count). The zero-order valence-corrected chi connectivity index (χ0v) is 13.6. The lowest BCUT2D eigenvalue weighted by atomic mass is 9.95. The second-order valence-electron chi connectivity index (χ2n) is 6.21. The van der Waals surface area contributed by atoms with E-state index in [0.717, 1.165) is 31.7 Å². The molecule has 1 aromatic heterocycles. The largest absolute Gasteiger partial charge is 0.314 e. The lowest BCUT2D eigenvalue weighted by molar-refractivity contribution is 0.163. The van der Waals surface area contributed by atoms with Crippen LogP contribution in [0.4, 0.5) is 0 Å². The molecule has 1 aliphatic heterocycles. The average molecular weight is 297 g/mol. The number of rotatable bonds is 6. The van der Waals surface area contributed by atoms with Gasteiger partial charge in [0.05, 0.1) is 5.52 Å². The standard InChI is InChI=1S/C19H27N3/c1-2-3-4-9-19(22-14-12-20-13-15-22)17-10-11-21-18-8-6-5-7-16(17)18/h5-8,10-11,19-20H,2-4,9,12-15H2,1H3/t19-/m1/s1. The normalized spacial score (nSPS) is 17.7. The number of para-hydroxylation sites is 1. The minimum atomic E-state index is 0.529. The van der Waals surface area contributed by atoms with Gasteiger partial charge in [-0.2, -0.15) is 0 Å². The van der Waals surface area contributed by atoms with E-state index >= 15 is 0 Å². The molecule has 0 radical (unpaired) electrons. The molecule has 0 bridgehead atoms. The van der Waals surface area contributed by atoms with Gasteiger partial charge >= 0.3 is 0 Å². The number of unbranched alkanes of at least 4 members (excludes halogenated alkanes) is 2. The van der Waals surface area contributed by atoms with E-state index in [1.165, 1.54) is 36.6 Å². The van der Waals surface area contributed by atoms with Gasteiger partial charge in [0.15, 0.2) is 0 Å². The van der Waals surface area contributed by atoms with Crippen LogP contribution in [-0.4, -0.2) is 36.1 Å². The predicted molar refractivity (Wildman–Crippen MR) is 93.1 cm³/mol. The van der Waals surface area contributed by atoms with E-state index in [9.17, 15) is 0 Å². The molecule has 0 saturated carbocycles. The van der Waals surface area contributed by atoms with E-state index in [-0.39, 0.29) is 0 Å². The molecule has 2 heterocycles. The maximum atomic E-state index is 4.53. The number of aromatic nitrogens is 1. The van der Waals surface area contributed by atoms with E-state index in [1.807, 2.05) is 6.20 Å². The Kier molecular flexibility index (Phi) is 5.41. The van der Waals surface area contributed by atoms with Crippen molar-refractivity contribution in [3.05, 3.63) is 42.1 Å². The van der Waals surface area contributed by atoms with E-state index < -0.39 is 0 Å². The van der Waals surface area contributed by atoms with Gasteiger partial charge in [0.2, 0.25) is 0 Å². The molecular weight excluding hydrogens is 270 g/mol. The molecule has 0 aliphatic carbocycles. The highest BCUT2D eigenvalue weighted by Crippen LogP contribution is 2.31. The Morgan fingerprint density at radius 1 is 1.14 bits per heavy atom. The van der Waals surface area contributed by atoms with Gasteiger partial charge in [0.25, 0.3) is 0 Å². The summed E-state index contributed by atoms with van der Waals surface area (Å²) in [5.41, 5.74) is 2.58. The lowest BCUT2D eigenvalue weighted by Crippen LogP contribution is -2.45. The van der Waals surface area contributed by atoms with Crippen LogP contribution in [0.3, 0.4) is 0 Å². The highest BCUT2D eigenvalue weighted by Gasteiger charge is 2.23. The van der Waals surface area contributed by atoms with Crippen molar-refractivity contribution in [2.24, 2.45) is 0 Å². The third-order valence-electron chi connectivity index (χ3n) is 4.72. The van der Waals surface area contributed by atoms with Crippen molar-refractivity contribution in [1.82, 2.24) is 15.2 Å². The second kappa shape index (κ2) is 7.70. The minimum absolute atomic E-state index is 0.529. The molecule has 0 unspecified atom stereocenters. The fraction of sp³-hybridized carbons (Fsp3) is 0.526. The Balaban J connectivity index is 1.91. The molecule has 0 spiro atoms. The van der Waals surface area contributed by atoms with Gasteiger partial charge in [-0.05, 0) is 24.1 Å². The maximum Gasteiger partial charge on any atom is 0.0705 e. The van der Waals surface area contributed by atoms with Crippen molar-refractivity contribution in [2.75, 3.05) is 26.2 Å². The first-order valence-corrected chi connectivity index (χ1v) is 8.68. The van der Waals surface area contributed by atoms with Crippen molar-refractivity contribution < 1.29 is 0 Å². The molecule has 2 aromatic rings. The molecule has 0 amide bonds. The number of hydrogen-bond acceptors (Lipinski definition) is 3. The number of hydrogen-bond donors (Lipinski definition) is 1. The fourth-order valence-corrected chi connectivity index (χ4v) is 3.52. The van der Waals surface area contributed by atoms with Crippen molar-refractivity contribution in [2.45, 2.75) is 38.6 Å². The highest BCUT2D eigenvalue weighted by molar-refractivity contribution is 5.82. The van der Waals surface area contributed by atoms with E-state index in [2.05, 4.69) is 52.5 Å². The summed E-state index contributed by atoms with van der Waals surface area (Å²) in [4.78, 5) is 7.20. The van der Waals surface area contributed by atoms with Gasteiger partial charge in [0.1, 0.15) is 0 Å². The molecule has 1 aromatic carbocycles. The molecule has 1 aliphatic rings. The highest BCUT2D eigenvalue weighted by atomic mass is 15.2. The van der Waals surface area contributed by atoms with Gasteiger partial charge in [-0.15, -0.1) is 0 Å². The Morgan fingerprint density at radius 2 is 1.95 bits per heavy atom. The Morgan fingerprint density at radius 3 is 2.77 bits per heavy atom. The van der Waals surface area contributed by atoms with Crippen LogP contribution in [-0.2, 0) is 0 Å². The quantitative estimate of drug-likeness (QED) is 0.823. The first kappa shape index (κ1) is 15.4. The number of benzene rings is 1. The summed E-state index contributed by atoms with van der Waals surface area (Å²) in [6, 6.07) is 11.3. The number of piperazine rings is 1. The molecule has 3 heteroatoms. The number of nitrogens with one attached hydrogen (secondary N) is 1. The minimum Gasteiger partial charge on any atom is -0.314 e. The average Bonchev–Trinajstić information content (AvgIpc) is 2.59. The Hall–Kier alpha value is -1.45. The van der Waals surface area contributed by atoms with Crippen molar-refractivity contribution >= 4 is 10.9 Å². The Bertz CT molecular complexity index is 585. The molecule has 1 saturated heterocycles. The van der Waals surface area contributed by atoms with Crippen LogP contribution in [0.2, 0.25) is 0 Å². The van der Waals surface area contributed by atoms with Gasteiger partial charge in [-0.25, -0.2) is 0 Å². The monoisotopic (exact) mass is 297 g/mol. The molecule has 22 heavy (non-hydrogen) atoms. The molecular formula is C19H27N3. The third-order valence-corrected chi connectivity index (χ3v) is 4.72. The van der Waals surface area contributed by atoms with Crippen molar-refractivity contribution in [1.29, 1.82) is 0 Å². The van der Waals surface area contributed by atoms with Gasteiger partial charge in [-0.1, -0.05) is 44.4 Å². The van der Waals surface area contributed by atoms with Crippen LogP contribution < -0.4 is 5.32 Å². The Labute approximate surface area is 133 Å². The summed E-state index contributed by atoms with van der Waals surface area (Å²) in [6.45, 7) is 6.78. The summed E-state index contributed by atoms with van der Waals surface area (Å²) < 4.78 is 0. The maximum absolute atomic E-state index is 4.53. The topological polar surface area (TPSA) is 28.2 Å². The second-order valence-corrected chi connectivity index (χ2v) is 6.21. The first-order valence-electron chi connectivity index (χ1n) is 8.68. The van der Waals surface area contributed by atoms with Gasteiger partial charge in [0, 0.05) is 43.8 Å². The van der Waals surface area contributed by atoms with Crippen LogP contribution in [0.1, 0.15) is 44.2 Å². The van der Waals surface area contributed by atoms with E-state index in [4.69, 9.17) is 0 Å². The summed E-state index contributed by atoms with van der Waals surface area (Å²) in [7, 11) is 0.